The molecule has 2 aliphatic heterocycles. The first kappa shape index (κ1) is 51.7. The van der Waals surface area contributed by atoms with Gasteiger partial charge in [-0.05, 0) is 59.1 Å². The van der Waals surface area contributed by atoms with Gasteiger partial charge in [0.1, 0.15) is 27.2 Å². The number of rotatable bonds is 16. The third-order valence-electron chi connectivity index (χ3n) is 8.11. The van der Waals surface area contributed by atoms with E-state index >= 15 is 0 Å². The summed E-state index contributed by atoms with van der Waals surface area (Å²) in [5, 5.41) is 0. The molecule has 0 saturated heterocycles. The van der Waals surface area contributed by atoms with E-state index in [2.05, 4.69) is 167 Å². The lowest BCUT2D eigenvalue weighted by atomic mass is 10.1. The summed E-state index contributed by atoms with van der Waals surface area (Å²) in [5.41, 5.74) is 5.06. The standard InChI is InChI=1S/C38H44N4S8.4HI/c1-39-19-9-29(10-20-39)31-13-23-41(24-14-31)17-5-7-27-45-35-36(50-38(49-35)37-47-33(43-3)34(44-4)48-37)46-28-8-6-18-42-25-15-32(16-26-42)30-11-21-40(2)22-12-30;;;;/h9-16,19-26H,5-8,17-18,27-28H2,1-4H3;4*1H/q+4;;;;/p-4. The number of nitrogens with zero attached hydrogens (tertiary/aromatic N) is 4. The number of hydrogen-bond acceptors (Lipinski definition) is 8. The first-order chi connectivity index (χ1) is 24.5. The van der Waals surface area contributed by atoms with Crippen LogP contribution in [0.25, 0.3) is 22.3 Å². The summed E-state index contributed by atoms with van der Waals surface area (Å²) in [4.78, 5) is 0. The average molecular weight is 1320 g/mol. The Balaban J connectivity index is 0.00000252. The molecule has 292 valence electrons. The smallest absolute Gasteiger partial charge is 0.169 e. The number of thioether (sulfide) groups is 8. The molecule has 0 unspecified atom stereocenters. The van der Waals surface area contributed by atoms with E-state index in [-0.39, 0.29) is 95.9 Å². The Morgan fingerprint density at radius 3 is 1.04 bits per heavy atom. The molecule has 0 N–H and O–H groups in total. The highest BCUT2D eigenvalue weighted by Crippen LogP contribution is 2.65. The fraction of sp³-hybridized carbons (Fsp3) is 0.316. The summed E-state index contributed by atoms with van der Waals surface area (Å²) < 4.78 is 17.7. The van der Waals surface area contributed by atoms with E-state index in [4.69, 9.17) is 0 Å². The van der Waals surface area contributed by atoms with Gasteiger partial charge in [0.15, 0.2) is 49.6 Å². The van der Waals surface area contributed by atoms with Gasteiger partial charge in [-0.1, -0.05) is 47.0 Å². The van der Waals surface area contributed by atoms with Crippen LogP contribution in [0.2, 0.25) is 0 Å². The van der Waals surface area contributed by atoms with Crippen molar-refractivity contribution in [3.05, 3.63) is 124 Å². The predicted octanol–water partition coefficient (Wildman–Crippen LogP) is -1.95. The van der Waals surface area contributed by atoms with Crippen molar-refractivity contribution in [3.8, 4) is 22.3 Å². The van der Waals surface area contributed by atoms with Crippen LogP contribution in [-0.2, 0) is 27.2 Å². The van der Waals surface area contributed by atoms with Gasteiger partial charge in [-0.2, -0.15) is 0 Å². The highest BCUT2D eigenvalue weighted by atomic mass is 127. The molecular weight excluding hydrogens is 1280 g/mol. The van der Waals surface area contributed by atoms with E-state index in [1.54, 1.807) is 0 Å². The minimum atomic E-state index is 0. The topological polar surface area (TPSA) is 15.5 Å². The lowest BCUT2D eigenvalue weighted by Crippen LogP contribution is -3.00. The zero-order chi connectivity index (χ0) is 34.7. The normalized spacial score (nSPS) is 13.7. The van der Waals surface area contributed by atoms with E-state index < -0.39 is 0 Å². The maximum absolute atomic E-state index is 2.32. The molecule has 0 aliphatic carbocycles. The highest BCUT2D eigenvalue weighted by Gasteiger charge is 2.30. The number of aryl methyl sites for hydroxylation is 4. The Labute approximate surface area is 424 Å². The summed E-state index contributed by atoms with van der Waals surface area (Å²) >= 11 is 15.9. The van der Waals surface area contributed by atoms with Gasteiger partial charge in [0.05, 0.1) is 25.4 Å². The molecule has 0 fully saturated rings. The Morgan fingerprint density at radius 1 is 0.426 bits per heavy atom. The van der Waals surface area contributed by atoms with Crippen LogP contribution in [0.5, 0.6) is 0 Å². The molecule has 2 aliphatic rings. The fourth-order valence-corrected chi connectivity index (χ4v) is 16.5. The molecular formula is C38H44I4N4S8. The zero-order valence-corrected chi connectivity index (χ0v) is 45.6. The minimum Gasteiger partial charge on any atom is -1.00 e. The molecule has 0 radical (unpaired) electrons. The van der Waals surface area contributed by atoms with Crippen LogP contribution >= 0.6 is 94.1 Å². The molecule has 0 aromatic carbocycles. The third-order valence-corrected chi connectivity index (χ3v) is 19.5. The molecule has 16 heteroatoms. The van der Waals surface area contributed by atoms with Gasteiger partial charge in [0.2, 0.25) is 0 Å². The first-order valence-corrected chi connectivity index (χ1v) is 24.3. The molecule has 4 aromatic heterocycles. The molecule has 0 bridgehead atoms. The largest absolute Gasteiger partial charge is 1.00 e. The molecule has 0 spiro atoms. The van der Waals surface area contributed by atoms with Crippen LogP contribution < -0.4 is 114 Å². The van der Waals surface area contributed by atoms with Crippen molar-refractivity contribution in [3.63, 3.8) is 0 Å². The second-order valence-corrected chi connectivity index (χ2v) is 21.3. The quantitative estimate of drug-likeness (QED) is 0.0724. The number of unbranched alkanes of at least 4 members (excludes halogenated alkanes) is 2. The second kappa shape index (κ2) is 27.4. The van der Waals surface area contributed by atoms with Crippen molar-refractivity contribution in [2.24, 2.45) is 14.1 Å². The van der Waals surface area contributed by atoms with Gasteiger partial charge in [-0.15, -0.1) is 47.0 Å². The van der Waals surface area contributed by atoms with Crippen LogP contribution in [-0.4, -0.2) is 24.0 Å². The van der Waals surface area contributed by atoms with E-state index in [1.807, 2.05) is 70.6 Å². The summed E-state index contributed by atoms with van der Waals surface area (Å²) in [7, 11) is 4.11. The van der Waals surface area contributed by atoms with Crippen LogP contribution in [0.1, 0.15) is 25.7 Å². The fourth-order valence-electron chi connectivity index (χ4n) is 5.25. The van der Waals surface area contributed by atoms with Crippen LogP contribution in [0.3, 0.4) is 0 Å². The van der Waals surface area contributed by atoms with E-state index in [1.165, 1.54) is 73.4 Å². The number of hydrogen-bond donors (Lipinski definition) is 0. The monoisotopic (exact) mass is 1320 g/mol. The zero-order valence-electron chi connectivity index (χ0n) is 30.5. The molecule has 6 heterocycles. The van der Waals surface area contributed by atoms with Gasteiger partial charge < -0.3 is 95.9 Å². The average Bonchev–Trinajstić information content (AvgIpc) is 3.76. The number of aromatic nitrogens is 4. The second-order valence-electron chi connectivity index (χ2n) is 11.8. The van der Waals surface area contributed by atoms with E-state index in [9.17, 15) is 0 Å². The maximum Gasteiger partial charge on any atom is 0.169 e. The van der Waals surface area contributed by atoms with Crippen LogP contribution in [0.15, 0.2) is 124 Å². The van der Waals surface area contributed by atoms with Gasteiger partial charge in [-0.3, -0.25) is 0 Å². The van der Waals surface area contributed by atoms with Crippen LogP contribution in [0, 0.1) is 0 Å². The highest BCUT2D eigenvalue weighted by molar-refractivity contribution is 8.45. The molecule has 6 rings (SSSR count). The van der Waals surface area contributed by atoms with Crippen molar-refractivity contribution in [2.45, 2.75) is 38.8 Å². The van der Waals surface area contributed by atoms with Crippen molar-refractivity contribution in [1.82, 2.24) is 0 Å². The van der Waals surface area contributed by atoms with E-state index in [0.717, 1.165) is 24.6 Å². The molecule has 0 amide bonds. The summed E-state index contributed by atoms with van der Waals surface area (Å²) in [6.45, 7) is 2.12. The molecule has 4 aromatic rings. The Morgan fingerprint density at radius 2 is 0.722 bits per heavy atom. The van der Waals surface area contributed by atoms with Crippen LogP contribution in [0.4, 0.5) is 0 Å². The van der Waals surface area contributed by atoms with Crippen molar-refractivity contribution in [2.75, 3.05) is 24.0 Å². The van der Waals surface area contributed by atoms with E-state index in [0.29, 0.717) is 0 Å². The minimum absolute atomic E-state index is 0. The van der Waals surface area contributed by atoms with Gasteiger partial charge in [0, 0.05) is 61.4 Å². The third kappa shape index (κ3) is 15.5. The Kier molecular flexibility index (Phi) is 26.2. The Hall–Kier alpha value is 1.54. The first-order valence-electron chi connectivity index (χ1n) is 16.7. The molecule has 54 heavy (non-hydrogen) atoms. The maximum atomic E-state index is 2.32. The van der Waals surface area contributed by atoms with Crippen molar-refractivity contribution < 1.29 is 114 Å². The van der Waals surface area contributed by atoms with Crippen molar-refractivity contribution >= 4 is 94.1 Å². The molecule has 0 saturated carbocycles. The summed E-state index contributed by atoms with van der Waals surface area (Å²) in [5.74, 6) is 2.32. The molecule has 4 nitrogen and oxygen atoms in total. The molecule has 0 atom stereocenters. The van der Waals surface area contributed by atoms with Gasteiger partial charge >= 0.3 is 0 Å². The lowest BCUT2D eigenvalue weighted by Gasteiger charge is -2.05. The van der Waals surface area contributed by atoms with Gasteiger partial charge in [-0.25, -0.2) is 18.3 Å². The SMILES string of the molecule is CSC1=C(SC)SC(=C2SC(SCCCC[n+]3ccc(-c4cc[n+](C)cc4)cc3)=C(SCCCC[n+]3ccc(-c4cc[n+](C)cc4)cc3)S2)S1.[I-].[I-].[I-].[I-]. The predicted molar refractivity (Wildman–Crippen MR) is 228 cm³/mol. The van der Waals surface area contributed by atoms with Gasteiger partial charge in [0.25, 0.3) is 0 Å². The Bertz CT molecular complexity index is 1710. The summed E-state index contributed by atoms with van der Waals surface area (Å²) in [6, 6.07) is 17.6. The number of pyridine rings is 4. The van der Waals surface area contributed by atoms with Crippen molar-refractivity contribution in [1.29, 1.82) is 0 Å². The summed E-state index contributed by atoms with van der Waals surface area (Å²) in [6.07, 6.45) is 26.5. The lowest BCUT2D eigenvalue weighted by molar-refractivity contribution is -0.697. The number of halogens is 4.